The fourth-order valence-corrected chi connectivity index (χ4v) is 3.13. The van der Waals surface area contributed by atoms with Gasteiger partial charge in [0.05, 0.1) is 5.39 Å². The van der Waals surface area contributed by atoms with Crippen molar-refractivity contribution in [3.63, 3.8) is 0 Å². The van der Waals surface area contributed by atoms with Gasteiger partial charge in [0.15, 0.2) is 0 Å². The molecule has 0 saturated carbocycles. The van der Waals surface area contributed by atoms with E-state index in [9.17, 15) is 0 Å². The second-order valence-corrected chi connectivity index (χ2v) is 5.43. The van der Waals surface area contributed by atoms with Crippen molar-refractivity contribution >= 4 is 27.4 Å². The Balaban J connectivity index is 2.09. The van der Waals surface area contributed by atoms with Gasteiger partial charge >= 0.3 is 0 Å². The van der Waals surface area contributed by atoms with Crippen LogP contribution in [0.5, 0.6) is 0 Å². The van der Waals surface area contributed by atoms with Crippen LogP contribution in [0, 0.1) is 5.92 Å². The van der Waals surface area contributed by atoms with E-state index in [1.807, 2.05) is 0 Å². The molecule has 0 N–H and O–H groups in total. The van der Waals surface area contributed by atoms with Crippen LogP contribution in [0.3, 0.4) is 0 Å². The number of hydrogen-bond acceptors (Lipinski definition) is 4. The molecule has 3 heterocycles. The lowest BCUT2D eigenvalue weighted by Crippen LogP contribution is -2.29. The molecule has 4 heteroatoms. The van der Waals surface area contributed by atoms with Gasteiger partial charge in [0, 0.05) is 12.6 Å². The van der Waals surface area contributed by atoms with Crippen LogP contribution in [0.4, 0.5) is 5.82 Å². The van der Waals surface area contributed by atoms with Gasteiger partial charge in [-0.2, -0.15) is 0 Å². The van der Waals surface area contributed by atoms with Crippen molar-refractivity contribution in [3.05, 3.63) is 17.8 Å². The summed E-state index contributed by atoms with van der Waals surface area (Å²) in [5, 5.41) is 3.29. The van der Waals surface area contributed by atoms with Gasteiger partial charge in [-0.3, -0.25) is 0 Å². The molecule has 2 unspecified atom stereocenters. The van der Waals surface area contributed by atoms with Crippen LogP contribution < -0.4 is 4.90 Å². The Morgan fingerprint density at radius 3 is 3.00 bits per heavy atom. The first-order valence-electron chi connectivity index (χ1n) is 5.72. The Hall–Kier alpha value is -1.16. The summed E-state index contributed by atoms with van der Waals surface area (Å²) in [5.74, 6) is 1.87. The van der Waals surface area contributed by atoms with Crippen molar-refractivity contribution in [2.75, 3.05) is 11.4 Å². The van der Waals surface area contributed by atoms with Crippen LogP contribution in [0.25, 0.3) is 10.2 Å². The van der Waals surface area contributed by atoms with E-state index in [1.54, 1.807) is 17.7 Å². The van der Waals surface area contributed by atoms with Crippen LogP contribution in [0.15, 0.2) is 17.8 Å². The molecule has 0 aliphatic carbocycles. The zero-order valence-corrected chi connectivity index (χ0v) is 10.4. The van der Waals surface area contributed by atoms with Crippen LogP contribution in [-0.2, 0) is 0 Å². The van der Waals surface area contributed by atoms with E-state index in [0.717, 1.165) is 23.1 Å². The Bertz CT molecular complexity index is 508. The third-order valence-electron chi connectivity index (χ3n) is 3.65. The third kappa shape index (κ3) is 1.40. The third-order valence-corrected chi connectivity index (χ3v) is 4.47. The summed E-state index contributed by atoms with van der Waals surface area (Å²) >= 11 is 1.68. The Morgan fingerprint density at radius 1 is 1.38 bits per heavy atom. The highest BCUT2D eigenvalue weighted by Gasteiger charge is 2.29. The van der Waals surface area contributed by atoms with E-state index in [-0.39, 0.29) is 0 Å². The molecule has 1 aliphatic rings. The molecule has 0 radical (unpaired) electrons. The van der Waals surface area contributed by atoms with Crippen molar-refractivity contribution in [2.45, 2.75) is 26.3 Å². The molecule has 1 aliphatic heterocycles. The van der Waals surface area contributed by atoms with E-state index < -0.39 is 0 Å². The number of anilines is 1. The maximum Gasteiger partial charge on any atom is 0.141 e. The smallest absolute Gasteiger partial charge is 0.141 e. The van der Waals surface area contributed by atoms with Gasteiger partial charge in [0.2, 0.25) is 0 Å². The summed E-state index contributed by atoms with van der Waals surface area (Å²) in [6.45, 7) is 5.72. The molecule has 2 aromatic rings. The molecule has 1 saturated heterocycles. The second kappa shape index (κ2) is 3.70. The number of hydrogen-bond donors (Lipinski definition) is 0. The predicted molar refractivity (Wildman–Crippen MR) is 68.0 cm³/mol. The molecule has 16 heavy (non-hydrogen) atoms. The highest BCUT2D eigenvalue weighted by atomic mass is 32.1. The molecule has 3 nitrogen and oxygen atoms in total. The standard InChI is InChI=1S/C12H15N3S/c1-8-3-5-15(9(8)2)11-10-4-6-16-12(10)14-7-13-11/h4,6-9H,3,5H2,1-2H3. The molecule has 0 spiro atoms. The molecule has 2 atom stereocenters. The van der Waals surface area contributed by atoms with Gasteiger partial charge in [-0.05, 0) is 30.7 Å². The Morgan fingerprint density at radius 2 is 2.25 bits per heavy atom. The van der Waals surface area contributed by atoms with Gasteiger partial charge in [0.25, 0.3) is 0 Å². The molecule has 0 aromatic carbocycles. The molecule has 0 bridgehead atoms. The summed E-state index contributed by atoms with van der Waals surface area (Å²) in [6, 6.07) is 2.71. The van der Waals surface area contributed by atoms with Gasteiger partial charge < -0.3 is 4.90 Å². The van der Waals surface area contributed by atoms with Crippen LogP contribution in [-0.4, -0.2) is 22.6 Å². The Kier molecular flexibility index (Phi) is 2.32. The molecular weight excluding hydrogens is 218 g/mol. The molecule has 0 amide bonds. The molecule has 3 rings (SSSR count). The molecular formula is C12H15N3S. The van der Waals surface area contributed by atoms with E-state index in [2.05, 4.69) is 40.2 Å². The van der Waals surface area contributed by atoms with Gasteiger partial charge in [-0.1, -0.05) is 6.92 Å². The first-order valence-corrected chi connectivity index (χ1v) is 6.60. The summed E-state index contributed by atoms with van der Waals surface area (Å²) in [5.41, 5.74) is 0. The van der Waals surface area contributed by atoms with E-state index >= 15 is 0 Å². The van der Waals surface area contributed by atoms with Crippen molar-refractivity contribution in [1.82, 2.24) is 9.97 Å². The SMILES string of the molecule is CC1CCN(c2ncnc3sccc23)C1C. The van der Waals surface area contributed by atoms with Crippen molar-refractivity contribution < 1.29 is 0 Å². The number of aromatic nitrogens is 2. The normalized spacial score (nSPS) is 25.5. The Labute approximate surface area is 99.1 Å². The zero-order valence-electron chi connectivity index (χ0n) is 9.55. The van der Waals surface area contributed by atoms with Crippen molar-refractivity contribution in [3.8, 4) is 0 Å². The fraction of sp³-hybridized carbons (Fsp3) is 0.500. The molecule has 2 aromatic heterocycles. The highest BCUT2D eigenvalue weighted by molar-refractivity contribution is 7.16. The fourth-order valence-electron chi connectivity index (χ4n) is 2.40. The van der Waals surface area contributed by atoms with Gasteiger partial charge in [0.1, 0.15) is 17.0 Å². The minimum absolute atomic E-state index is 0.581. The van der Waals surface area contributed by atoms with Gasteiger partial charge in [-0.25, -0.2) is 9.97 Å². The minimum atomic E-state index is 0.581. The summed E-state index contributed by atoms with van der Waals surface area (Å²) < 4.78 is 0. The van der Waals surface area contributed by atoms with Crippen LogP contribution in [0.1, 0.15) is 20.3 Å². The topological polar surface area (TPSA) is 29.0 Å². The average Bonchev–Trinajstić information content (AvgIpc) is 2.87. The summed E-state index contributed by atoms with van der Waals surface area (Å²) in [4.78, 5) is 12.3. The lowest BCUT2D eigenvalue weighted by atomic mass is 10.1. The second-order valence-electron chi connectivity index (χ2n) is 4.54. The number of thiophene rings is 1. The summed E-state index contributed by atoms with van der Waals surface area (Å²) in [6.07, 6.45) is 2.95. The number of nitrogens with zero attached hydrogens (tertiary/aromatic N) is 3. The van der Waals surface area contributed by atoms with E-state index in [4.69, 9.17) is 0 Å². The number of fused-ring (bicyclic) bond motifs is 1. The van der Waals surface area contributed by atoms with E-state index in [1.165, 1.54) is 11.8 Å². The average molecular weight is 233 g/mol. The lowest BCUT2D eigenvalue weighted by molar-refractivity contribution is 0.545. The summed E-state index contributed by atoms with van der Waals surface area (Å²) in [7, 11) is 0. The minimum Gasteiger partial charge on any atom is -0.353 e. The molecule has 1 fully saturated rings. The zero-order chi connectivity index (χ0) is 11.1. The first kappa shape index (κ1) is 10.0. The monoisotopic (exact) mass is 233 g/mol. The van der Waals surface area contributed by atoms with Crippen LogP contribution >= 0.6 is 11.3 Å². The van der Waals surface area contributed by atoms with Crippen molar-refractivity contribution in [1.29, 1.82) is 0 Å². The van der Waals surface area contributed by atoms with E-state index in [0.29, 0.717) is 6.04 Å². The largest absolute Gasteiger partial charge is 0.353 e. The predicted octanol–water partition coefficient (Wildman–Crippen LogP) is 2.93. The molecule has 84 valence electrons. The quantitative estimate of drug-likeness (QED) is 0.758. The van der Waals surface area contributed by atoms with Gasteiger partial charge in [-0.15, -0.1) is 11.3 Å². The maximum atomic E-state index is 4.47. The lowest BCUT2D eigenvalue weighted by Gasteiger charge is -2.24. The first-order chi connectivity index (χ1) is 7.77. The van der Waals surface area contributed by atoms with Crippen molar-refractivity contribution in [2.24, 2.45) is 5.92 Å². The van der Waals surface area contributed by atoms with Crippen LogP contribution in [0.2, 0.25) is 0 Å². The maximum absolute atomic E-state index is 4.47. The highest BCUT2D eigenvalue weighted by Crippen LogP contribution is 2.33. The number of rotatable bonds is 1.